The van der Waals surface area contributed by atoms with E-state index in [2.05, 4.69) is 11.9 Å². The van der Waals surface area contributed by atoms with E-state index >= 15 is 0 Å². The Morgan fingerprint density at radius 2 is 2.14 bits per heavy atom. The lowest BCUT2D eigenvalue weighted by atomic mass is 10.1. The quantitative estimate of drug-likeness (QED) is 0.121. The second-order valence-electron chi connectivity index (χ2n) is 4.95. The topological polar surface area (TPSA) is 82.2 Å². The molecular weight excluding hydrogens is 310 g/mol. The Kier molecular flexibility index (Phi) is 10.8. The Labute approximate surface area is 135 Å². The van der Waals surface area contributed by atoms with Gasteiger partial charge in [-0.05, 0) is 18.6 Å². The first kappa shape index (κ1) is 20.9. The van der Waals surface area contributed by atoms with Crippen LogP contribution in [0, 0.1) is 5.41 Å². The molecule has 1 amide bonds. The molecule has 128 valence electrons. The fraction of sp³-hybridized carbons (Fsp3) is 0.714. The van der Waals surface area contributed by atoms with Gasteiger partial charge in [0.05, 0.1) is 5.70 Å². The molecule has 8 heteroatoms. The minimum Gasteiger partial charge on any atom is -0.358 e. The van der Waals surface area contributed by atoms with Gasteiger partial charge in [-0.25, -0.2) is 14.6 Å². The molecule has 22 heavy (non-hydrogen) atoms. The van der Waals surface area contributed by atoms with Crippen LogP contribution in [0.3, 0.4) is 0 Å². The molecule has 0 heterocycles. The predicted molar refractivity (Wildman–Crippen MR) is 88.0 cm³/mol. The number of halogens is 2. The Bertz CT molecular complexity index is 367. The first-order valence-corrected chi connectivity index (χ1v) is 8.30. The van der Waals surface area contributed by atoms with Gasteiger partial charge in [-0.2, -0.15) is 0 Å². The SMILES string of the molecule is C=C(C(=N)SCCCC(F)(F)CCNC=O)N(N)CCCC. The molecule has 0 aromatic heterocycles. The number of nitrogens with one attached hydrogen (secondary N) is 2. The van der Waals surface area contributed by atoms with Crippen molar-refractivity contribution in [2.45, 2.75) is 45.0 Å². The zero-order chi connectivity index (χ0) is 17.0. The summed E-state index contributed by atoms with van der Waals surface area (Å²) in [7, 11) is 0. The van der Waals surface area contributed by atoms with Crippen LogP contribution in [0.25, 0.3) is 0 Å². The average Bonchev–Trinajstić information content (AvgIpc) is 2.48. The Morgan fingerprint density at radius 3 is 2.73 bits per heavy atom. The van der Waals surface area contributed by atoms with Crippen molar-refractivity contribution < 1.29 is 13.6 Å². The van der Waals surface area contributed by atoms with Crippen molar-refractivity contribution in [1.29, 1.82) is 5.41 Å². The Balaban J connectivity index is 3.92. The van der Waals surface area contributed by atoms with Gasteiger partial charge in [0, 0.05) is 25.9 Å². The fourth-order valence-electron chi connectivity index (χ4n) is 1.62. The molecule has 0 aliphatic heterocycles. The number of unbranched alkanes of at least 4 members (excludes halogenated alkanes) is 1. The number of nitrogens with two attached hydrogens (primary N) is 1. The van der Waals surface area contributed by atoms with Crippen LogP contribution in [-0.2, 0) is 4.79 Å². The number of carbonyl (C=O) groups is 1. The number of amides is 1. The molecule has 0 saturated carbocycles. The van der Waals surface area contributed by atoms with Gasteiger partial charge < -0.3 is 10.3 Å². The maximum Gasteiger partial charge on any atom is 0.249 e. The van der Waals surface area contributed by atoms with Crippen molar-refractivity contribution in [1.82, 2.24) is 10.3 Å². The van der Waals surface area contributed by atoms with E-state index in [-0.39, 0.29) is 30.9 Å². The van der Waals surface area contributed by atoms with Crippen molar-refractivity contribution >= 4 is 23.2 Å². The van der Waals surface area contributed by atoms with E-state index in [9.17, 15) is 13.6 Å². The van der Waals surface area contributed by atoms with Crippen LogP contribution < -0.4 is 11.2 Å². The lowest BCUT2D eigenvalue weighted by molar-refractivity contribution is -0.109. The molecule has 0 bridgehead atoms. The third-order valence-corrected chi connectivity index (χ3v) is 4.03. The van der Waals surface area contributed by atoms with Crippen molar-refractivity contribution in [3.63, 3.8) is 0 Å². The number of hydrogen-bond donors (Lipinski definition) is 3. The lowest BCUT2D eigenvalue weighted by Crippen LogP contribution is -2.33. The van der Waals surface area contributed by atoms with Crippen molar-refractivity contribution in [2.75, 3.05) is 18.8 Å². The summed E-state index contributed by atoms with van der Waals surface area (Å²) in [5.41, 5.74) is 0.417. The van der Waals surface area contributed by atoms with Crippen LogP contribution in [0.15, 0.2) is 12.3 Å². The lowest BCUT2D eigenvalue weighted by Gasteiger charge is -2.21. The number of nitrogens with zero attached hydrogens (tertiary/aromatic N) is 1. The minimum atomic E-state index is -2.79. The summed E-state index contributed by atoms with van der Waals surface area (Å²) in [4.78, 5) is 10.0. The van der Waals surface area contributed by atoms with Crippen LogP contribution >= 0.6 is 11.8 Å². The molecule has 0 spiro atoms. The molecule has 4 N–H and O–H groups in total. The van der Waals surface area contributed by atoms with Crippen molar-refractivity contribution in [3.8, 4) is 0 Å². The highest BCUT2D eigenvalue weighted by Crippen LogP contribution is 2.25. The number of thioether (sulfide) groups is 1. The van der Waals surface area contributed by atoms with E-state index in [1.165, 1.54) is 16.8 Å². The molecule has 5 nitrogen and oxygen atoms in total. The standard InChI is InChI=1S/C14H26F2N4OS/c1-3-4-9-20(18)12(2)13(17)22-10-5-6-14(15,16)7-8-19-11-21/h11,17H,2-10,18H2,1H3,(H,19,21). The third-order valence-electron chi connectivity index (χ3n) is 3.01. The first-order valence-electron chi connectivity index (χ1n) is 7.31. The summed E-state index contributed by atoms with van der Waals surface area (Å²) in [6, 6.07) is 0. The van der Waals surface area contributed by atoms with E-state index in [4.69, 9.17) is 11.3 Å². The van der Waals surface area contributed by atoms with E-state index < -0.39 is 5.92 Å². The van der Waals surface area contributed by atoms with Gasteiger partial charge >= 0.3 is 0 Å². The number of hydrogen-bond acceptors (Lipinski definition) is 5. The van der Waals surface area contributed by atoms with Gasteiger partial charge in [0.25, 0.3) is 0 Å². The number of carbonyl (C=O) groups excluding carboxylic acids is 1. The summed E-state index contributed by atoms with van der Waals surface area (Å²) in [6.45, 7) is 6.39. The average molecular weight is 336 g/mol. The van der Waals surface area contributed by atoms with Gasteiger partial charge in [-0.15, -0.1) is 11.8 Å². The monoisotopic (exact) mass is 336 g/mol. The minimum absolute atomic E-state index is 0.0319. The predicted octanol–water partition coefficient (Wildman–Crippen LogP) is 2.74. The number of alkyl halides is 2. The van der Waals surface area contributed by atoms with Crippen molar-refractivity contribution in [3.05, 3.63) is 12.3 Å². The first-order chi connectivity index (χ1) is 10.3. The van der Waals surface area contributed by atoms with Crippen LogP contribution in [0.2, 0.25) is 0 Å². The van der Waals surface area contributed by atoms with E-state index in [0.717, 1.165) is 12.8 Å². The zero-order valence-electron chi connectivity index (χ0n) is 13.0. The van der Waals surface area contributed by atoms with Gasteiger partial charge in [-0.3, -0.25) is 10.2 Å². The third kappa shape index (κ3) is 9.73. The zero-order valence-corrected chi connectivity index (χ0v) is 13.9. The van der Waals surface area contributed by atoms with Crippen LogP contribution in [0.4, 0.5) is 8.78 Å². The molecule has 0 radical (unpaired) electrons. The molecule has 0 atom stereocenters. The second kappa shape index (κ2) is 11.4. The van der Waals surface area contributed by atoms with Crippen LogP contribution in [-0.4, -0.2) is 41.2 Å². The molecule has 0 unspecified atom stereocenters. The summed E-state index contributed by atoms with van der Waals surface area (Å²) in [6.07, 6.45) is 1.98. The largest absolute Gasteiger partial charge is 0.358 e. The highest BCUT2D eigenvalue weighted by Gasteiger charge is 2.27. The van der Waals surface area contributed by atoms with Gasteiger partial charge in [0.15, 0.2) is 0 Å². The molecule has 0 saturated heterocycles. The van der Waals surface area contributed by atoms with Crippen LogP contribution in [0.1, 0.15) is 39.0 Å². The van der Waals surface area contributed by atoms with E-state index in [1.807, 2.05) is 6.92 Å². The number of rotatable bonds is 13. The number of hydrazine groups is 1. The normalized spacial score (nSPS) is 11.1. The van der Waals surface area contributed by atoms with Crippen molar-refractivity contribution in [2.24, 2.45) is 5.84 Å². The smallest absolute Gasteiger partial charge is 0.249 e. The highest BCUT2D eigenvalue weighted by atomic mass is 32.2. The fourth-order valence-corrected chi connectivity index (χ4v) is 2.40. The summed E-state index contributed by atoms with van der Waals surface area (Å²) < 4.78 is 26.9. The van der Waals surface area contributed by atoms with Gasteiger partial charge in [0.1, 0.15) is 5.04 Å². The maximum absolute atomic E-state index is 13.4. The van der Waals surface area contributed by atoms with Crippen LogP contribution in [0.5, 0.6) is 0 Å². The van der Waals surface area contributed by atoms with Gasteiger partial charge in [0.2, 0.25) is 12.3 Å². The van der Waals surface area contributed by atoms with E-state index in [1.54, 1.807) is 0 Å². The molecule has 0 fully saturated rings. The molecule has 0 aliphatic rings. The molecule has 0 rings (SSSR count). The highest BCUT2D eigenvalue weighted by molar-refractivity contribution is 8.14. The molecule has 0 aromatic rings. The second-order valence-corrected chi connectivity index (χ2v) is 6.06. The summed E-state index contributed by atoms with van der Waals surface area (Å²) in [5, 5.41) is 11.7. The molecule has 0 aromatic carbocycles. The Morgan fingerprint density at radius 1 is 1.45 bits per heavy atom. The van der Waals surface area contributed by atoms with E-state index in [0.29, 0.717) is 24.4 Å². The molecular formula is C14H26F2N4OS. The summed E-state index contributed by atoms with van der Waals surface area (Å²) >= 11 is 1.17. The van der Waals surface area contributed by atoms with Gasteiger partial charge in [-0.1, -0.05) is 19.9 Å². The summed E-state index contributed by atoms with van der Waals surface area (Å²) in [5.74, 6) is 3.39. The Hall–Kier alpha value is -1.15. The molecule has 0 aliphatic carbocycles. The maximum atomic E-state index is 13.4.